The molecule has 1 aromatic heterocycles. The quantitative estimate of drug-likeness (QED) is 0.877. The summed E-state index contributed by atoms with van der Waals surface area (Å²) < 4.78 is 15.3. The van der Waals surface area contributed by atoms with Crippen molar-refractivity contribution in [2.24, 2.45) is 0 Å². The summed E-state index contributed by atoms with van der Waals surface area (Å²) in [5.41, 5.74) is 0.327. The fourth-order valence-corrected chi connectivity index (χ4v) is 1.68. The molecule has 0 aliphatic rings. The van der Waals surface area contributed by atoms with Gasteiger partial charge in [0.15, 0.2) is 6.61 Å². The molecule has 2 rings (SSSR count). The largest absolute Gasteiger partial charge is 0.484 e. The van der Waals surface area contributed by atoms with Crippen molar-refractivity contribution >= 4 is 23.2 Å². The highest BCUT2D eigenvalue weighted by Gasteiger charge is 2.11. The van der Waals surface area contributed by atoms with Crippen molar-refractivity contribution in [1.82, 2.24) is 9.97 Å². The first-order valence-corrected chi connectivity index (χ1v) is 6.63. The number of ether oxygens (including phenoxy) is 3. The van der Waals surface area contributed by atoms with Gasteiger partial charge in [-0.15, -0.1) is 0 Å². The van der Waals surface area contributed by atoms with E-state index in [0.29, 0.717) is 16.5 Å². The molecule has 0 fully saturated rings. The summed E-state index contributed by atoms with van der Waals surface area (Å²) >= 11 is 5.77. The number of amides is 1. The van der Waals surface area contributed by atoms with E-state index in [2.05, 4.69) is 15.3 Å². The van der Waals surface area contributed by atoms with E-state index in [1.54, 1.807) is 24.3 Å². The van der Waals surface area contributed by atoms with Gasteiger partial charge in [0.05, 0.1) is 20.4 Å². The molecule has 0 unspecified atom stereocenters. The summed E-state index contributed by atoms with van der Waals surface area (Å²) in [6.07, 6.45) is 1.39. The van der Waals surface area contributed by atoms with Crippen molar-refractivity contribution in [2.45, 2.75) is 0 Å². The highest BCUT2D eigenvalue weighted by Crippen LogP contribution is 2.22. The lowest BCUT2D eigenvalue weighted by atomic mass is 10.3. The Morgan fingerprint density at radius 3 is 2.59 bits per heavy atom. The molecular weight excluding hydrogens is 310 g/mol. The number of hydrogen-bond donors (Lipinski definition) is 1. The van der Waals surface area contributed by atoms with Crippen molar-refractivity contribution in [3.63, 3.8) is 0 Å². The van der Waals surface area contributed by atoms with Crippen LogP contribution in [0.3, 0.4) is 0 Å². The van der Waals surface area contributed by atoms with E-state index in [9.17, 15) is 4.79 Å². The highest BCUT2D eigenvalue weighted by molar-refractivity contribution is 6.30. The Kier molecular flexibility index (Phi) is 5.37. The van der Waals surface area contributed by atoms with Gasteiger partial charge in [-0.25, -0.2) is 4.98 Å². The van der Waals surface area contributed by atoms with Crippen molar-refractivity contribution < 1.29 is 19.0 Å². The van der Waals surface area contributed by atoms with Crippen LogP contribution in [0.4, 0.5) is 5.69 Å². The molecule has 0 saturated heterocycles. The second kappa shape index (κ2) is 7.46. The van der Waals surface area contributed by atoms with E-state index in [4.69, 9.17) is 25.8 Å². The van der Waals surface area contributed by atoms with Crippen LogP contribution in [-0.2, 0) is 4.79 Å². The monoisotopic (exact) mass is 323 g/mol. The number of halogens is 1. The molecule has 22 heavy (non-hydrogen) atoms. The number of rotatable bonds is 6. The molecule has 0 spiro atoms. The van der Waals surface area contributed by atoms with Crippen molar-refractivity contribution in [3.8, 4) is 17.6 Å². The smallest absolute Gasteiger partial charge is 0.319 e. The average Bonchev–Trinajstić information content (AvgIpc) is 2.54. The molecule has 0 radical (unpaired) electrons. The SMILES string of the molecule is COc1ncc(NC(=O)COc2ccc(Cl)cc2)c(OC)n1. The van der Waals surface area contributed by atoms with Crippen LogP contribution in [0.1, 0.15) is 0 Å². The van der Waals surface area contributed by atoms with Crippen LogP contribution in [0.5, 0.6) is 17.6 Å². The third-order valence-electron chi connectivity index (χ3n) is 2.57. The number of aromatic nitrogens is 2. The zero-order valence-electron chi connectivity index (χ0n) is 12.0. The number of methoxy groups -OCH3 is 2. The first-order valence-electron chi connectivity index (χ1n) is 6.25. The van der Waals surface area contributed by atoms with Gasteiger partial charge in [-0.1, -0.05) is 11.6 Å². The Balaban J connectivity index is 1.95. The van der Waals surface area contributed by atoms with Gasteiger partial charge in [0, 0.05) is 5.02 Å². The fraction of sp³-hybridized carbons (Fsp3) is 0.214. The lowest BCUT2D eigenvalue weighted by Gasteiger charge is -2.10. The number of carbonyl (C=O) groups is 1. The number of anilines is 1. The maximum atomic E-state index is 11.9. The maximum Gasteiger partial charge on any atom is 0.319 e. The molecule has 0 atom stereocenters. The van der Waals surface area contributed by atoms with E-state index in [1.807, 2.05) is 0 Å². The van der Waals surface area contributed by atoms with Crippen molar-refractivity contribution in [3.05, 3.63) is 35.5 Å². The van der Waals surface area contributed by atoms with Crippen LogP contribution in [0.2, 0.25) is 5.02 Å². The minimum atomic E-state index is -0.373. The fourth-order valence-electron chi connectivity index (χ4n) is 1.56. The van der Waals surface area contributed by atoms with Crippen LogP contribution in [-0.4, -0.2) is 36.7 Å². The molecule has 116 valence electrons. The van der Waals surface area contributed by atoms with Crippen molar-refractivity contribution in [2.75, 3.05) is 26.1 Å². The predicted molar refractivity (Wildman–Crippen MR) is 80.7 cm³/mol. The molecule has 7 nitrogen and oxygen atoms in total. The summed E-state index contributed by atoms with van der Waals surface area (Å²) in [5, 5.41) is 3.19. The molecule has 0 bridgehead atoms. The van der Waals surface area contributed by atoms with Gasteiger partial charge in [0.2, 0.25) is 5.88 Å². The summed E-state index contributed by atoms with van der Waals surface area (Å²) in [5.74, 6) is 0.367. The van der Waals surface area contributed by atoms with E-state index in [-0.39, 0.29) is 24.4 Å². The molecule has 0 saturated carbocycles. The van der Waals surface area contributed by atoms with Crippen LogP contribution in [0, 0.1) is 0 Å². The zero-order chi connectivity index (χ0) is 15.9. The van der Waals surface area contributed by atoms with Gasteiger partial charge >= 0.3 is 6.01 Å². The molecule has 2 aromatic rings. The highest BCUT2D eigenvalue weighted by atomic mass is 35.5. The third-order valence-corrected chi connectivity index (χ3v) is 2.82. The average molecular weight is 324 g/mol. The van der Waals surface area contributed by atoms with Crippen LogP contribution < -0.4 is 19.5 Å². The summed E-state index contributed by atoms with van der Waals surface area (Å²) in [6, 6.07) is 6.84. The Hall–Kier alpha value is -2.54. The Labute approximate surface area is 132 Å². The van der Waals surface area contributed by atoms with E-state index < -0.39 is 0 Å². The normalized spacial score (nSPS) is 9.95. The lowest BCUT2D eigenvalue weighted by molar-refractivity contribution is -0.118. The Morgan fingerprint density at radius 2 is 1.95 bits per heavy atom. The molecule has 0 aliphatic carbocycles. The predicted octanol–water partition coefficient (Wildman–Crippen LogP) is 2.16. The van der Waals surface area contributed by atoms with Gasteiger partial charge in [0.25, 0.3) is 5.91 Å². The number of nitrogens with one attached hydrogen (secondary N) is 1. The third kappa shape index (κ3) is 4.23. The minimum Gasteiger partial charge on any atom is -0.484 e. The second-order valence-electron chi connectivity index (χ2n) is 4.07. The number of nitrogens with zero attached hydrogens (tertiary/aromatic N) is 2. The van der Waals surface area contributed by atoms with Gasteiger partial charge in [-0.05, 0) is 24.3 Å². The molecule has 1 heterocycles. The summed E-state index contributed by atoms with van der Waals surface area (Å²) in [6.45, 7) is -0.170. The first-order chi connectivity index (χ1) is 10.6. The van der Waals surface area contributed by atoms with Gasteiger partial charge in [0.1, 0.15) is 11.4 Å². The number of hydrogen-bond acceptors (Lipinski definition) is 6. The van der Waals surface area contributed by atoms with Gasteiger partial charge in [-0.3, -0.25) is 4.79 Å². The van der Waals surface area contributed by atoms with Crippen LogP contribution in [0.15, 0.2) is 30.5 Å². The van der Waals surface area contributed by atoms with Gasteiger partial charge in [-0.2, -0.15) is 4.98 Å². The molecular formula is C14H14ClN3O4. The van der Waals surface area contributed by atoms with Gasteiger partial charge < -0.3 is 19.5 Å². The number of carbonyl (C=O) groups excluding carboxylic acids is 1. The molecule has 0 aliphatic heterocycles. The number of benzene rings is 1. The standard InChI is InChI=1S/C14H14ClN3O4/c1-20-13-11(7-16-14(18-13)21-2)17-12(19)8-22-10-5-3-9(15)4-6-10/h3-7H,8H2,1-2H3,(H,17,19). The molecule has 1 aromatic carbocycles. The molecule has 1 N–H and O–H groups in total. The molecule has 8 heteroatoms. The minimum absolute atomic E-state index is 0.146. The van der Waals surface area contributed by atoms with Crippen LogP contribution in [0.25, 0.3) is 0 Å². The maximum absolute atomic E-state index is 11.9. The first kappa shape index (κ1) is 15.8. The molecule has 1 amide bonds. The van der Waals surface area contributed by atoms with E-state index >= 15 is 0 Å². The summed E-state index contributed by atoms with van der Waals surface area (Å²) in [7, 11) is 2.87. The summed E-state index contributed by atoms with van der Waals surface area (Å²) in [4.78, 5) is 19.7. The topological polar surface area (TPSA) is 82.6 Å². The zero-order valence-corrected chi connectivity index (χ0v) is 12.8. The Morgan fingerprint density at radius 1 is 1.23 bits per heavy atom. The second-order valence-corrected chi connectivity index (χ2v) is 4.51. The van der Waals surface area contributed by atoms with Crippen molar-refractivity contribution in [1.29, 1.82) is 0 Å². The van der Waals surface area contributed by atoms with Crippen LogP contribution >= 0.6 is 11.6 Å². The lowest BCUT2D eigenvalue weighted by Crippen LogP contribution is -2.21. The van der Waals surface area contributed by atoms with E-state index in [0.717, 1.165) is 0 Å². The van der Waals surface area contributed by atoms with E-state index in [1.165, 1.54) is 20.4 Å². The Bertz CT molecular complexity index is 649.